The van der Waals surface area contributed by atoms with E-state index in [2.05, 4.69) is 10.1 Å². The maximum Gasteiger partial charge on any atom is 0.419 e. The van der Waals surface area contributed by atoms with Gasteiger partial charge in [0.05, 0.1) is 40.4 Å². The highest BCUT2D eigenvalue weighted by Crippen LogP contribution is 2.39. The largest absolute Gasteiger partial charge is 0.491 e. The molecule has 0 aliphatic carbocycles. The van der Waals surface area contributed by atoms with E-state index in [0.29, 0.717) is 28.4 Å². The number of sulfonamides is 1. The molecule has 1 aliphatic heterocycles. The summed E-state index contributed by atoms with van der Waals surface area (Å²) in [6.45, 7) is -0.630. The van der Waals surface area contributed by atoms with Gasteiger partial charge in [-0.15, -0.1) is 0 Å². The number of methoxy groups -OCH3 is 1. The highest BCUT2D eigenvalue weighted by atomic mass is 35.5. The Morgan fingerprint density at radius 2 is 1.72 bits per heavy atom. The summed E-state index contributed by atoms with van der Waals surface area (Å²) in [5.74, 6) is -2.71. The molecule has 8 nitrogen and oxygen atoms in total. The Bertz CT molecular complexity index is 1900. The van der Waals surface area contributed by atoms with Crippen LogP contribution in [0.1, 0.15) is 21.5 Å². The lowest BCUT2D eigenvalue weighted by Crippen LogP contribution is -2.48. The zero-order valence-electron chi connectivity index (χ0n) is 24.0. The molecule has 1 N–H and O–H groups in total. The summed E-state index contributed by atoms with van der Waals surface area (Å²) in [4.78, 5) is 24.9. The molecule has 0 bridgehead atoms. The minimum absolute atomic E-state index is 0.0541. The quantitative estimate of drug-likeness (QED) is 0.128. The number of rotatable bonds is 9. The van der Waals surface area contributed by atoms with Crippen molar-refractivity contribution >= 4 is 39.2 Å². The molecule has 0 unspecified atom stereocenters. The van der Waals surface area contributed by atoms with E-state index < -0.39 is 51.2 Å². The number of hydrogen-bond donors (Lipinski definition) is 1. The van der Waals surface area contributed by atoms with Crippen LogP contribution in [0.3, 0.4) is 0 Å². The summed E-state index contributed by atoms with van der Waals surface area (Å²) < 4.78 is 93.0. The predicted octanol–water partition coefficient (Wildman–Crippen LogP) is 6.27. The van der Waals surface area contributed by atoms with Crippen LogP contribution in [-0.2, 0) is 32.2 Å². The predicted molar refractivity (Wildman–Crippen MR) is 162 cm³/mol. The fourth-order valence-electron chi connectivity index (χ4n) is 5.07. The molecule has 0 spiro atoms. The summed E-state index contributed by atoms with van der Waals surface area (Å²) in [6, 6.07) is 17.8. The normalized spacial score (nSPS) is 14.5. The SMILES string of the molecule is COC(=O)c1ccc(OCCNC(=O)[C@@H]2Cc3ccccc3N2S(=O)(=O)c2ccc(-c3ccc(F)cc3Cl)cc2)c(C(F)(F)F)c1. The Hall–Kier alpha value is -4.62. The minimum atomic E-state index is -4.84. The van der Waals surface area contributed by atoms with E-state index in [0.717, 1.165) is 29.6 Å². The summed E-state index contributed by atoms with van der Waals surface area (Å²) in [5, 5.41) is 2.70. The zero-order valence-corrected chi connectivity index (χ0v) is 25.5. The second-order valence-electron chi connectivity index (χ2n) is 10.1. The van der Waals surface area contributed by atoms with Crippen LogP contribution in [0.25, 0.3) is 11.1 Å². The molecule has 1 amide bonds. The molecule has 46 heavy (non-hydrogen) atoms. The molecule has 0 fully saturated rings. The molecule has 4 aromatic carbocycles. The van der Waals surface area contributed by atoms with Crippen LogP contribution in [-0.4, -0.2) is 46.6 Å². The number of nitrogens with one attached hydrogen (secondary N) is 1. The number of amides is 1. The Labute approximate surface area is 266 Å². The maximum atomic E-state index is 13.9. The molecule has 14 heteroatoms. The number of halogens is 5. The molecule has 0 saturated heterocycles. The molecule has 0 saturated carbocycles. The number of anilines is 1. The van der Waals surface area contributed by atoms with Crippen LogP contribution in [0.4, 0.5) is 23.2 Å². The van der Waals surface area contributed by atoms with Gasteiger partial charge in [-0.3, -0.25) is 9.10 Å². The van der Waals surface area contributed by atoms with Crippen LogP contribution in [0.15, 0.2) is 89.8 Å². The van der Waals surface area contributed by atoms with Crippen molar-refractivity contribution in [2.24, 2.45) is 0 Å². The number of hydrogen-bond acceptors (Lipinski definition) is 6. The summed E-state index contributed by atoms with van der Waals surface area (Å²) in [6.07, 6.45) is -4.78. The van der Waals surface area contributed by atoms with Crippen LogP contribution in [0.2, 0.25) is 5.02 Å². The minimum Gasteiger partial charge on any atom is -0.491 e. The second kappa shape index (κ2) is 13.0. The van der Waals surface area contributed by atoms with Gasteiger partial charge >= 0.3 is 12.1 Å². The Kier molecular flexibility index (Phi) is 9.27. The monoisotopic (exact) mass is 676 g/mol. The fraction of sp³-hybridized carbons (Fsp3) is 0.188. The van der Waals surface area contributed by atoms with Crippen molar-refractivity contribution in [3.05, 3.63) is 112 Å². The second-order valence-corrected chi connectivity index (χ2v) is 12.4. The Morgan fingerprint density at radius 1 is 1.00 bits per heavy atom. The zero-order chi connectivity index (χ0) is 33.2. The smallest absolute Gasteiger partial charge is 0.419 e. The van der Waals surface area contributed by atoms with E-state index in [9.17, 15) is 35.6 Å². The number of nitrogens with zero attached hydrogens (tertiary/aromatic N) is 1. The van der Waals surface area contributed by atoms with Crippen molar-refractivity contribution in [2.45, 2.75) is 23.5 Å². The van der Waals surface area contributed by atoms with E-state index in [1.807, 2.05) is 0 Å². The molecule has 0 radical (unpaired) electrons. The summed E-state index contributed by atoms with van der Waals surface area (Å²) in [7, 11) is -3.24. The lowest BCUT2D eigenvalue weighted by Gasteiger charge is -2.26. The highest BCUT2D eigenvalue weighted by Gasteiger charge is 2.42. The first-order valence-corrected chi connectivity index (χ1v) is 15.5. The third-order valence-electron chi connectivity index (χ3n) is 7.25. The van der Waals surface area contributed by atoms with E-state index in [-0.39, 0.29) is 35.1 Å². The van der Waals surface area contributed by atoms with Crippen LogP contribution < -0.4 is 14.4 Å². The third kappa shape index (κ3) is 6.65. The molecule has 1 aliphatic rings. The number of benzene rings is 4. The molecule has 240 valence electrons. The van der Waals surface area contributed by atoms with Crippen molar-refractivity contribution in [3.8, 4) is 16.9 Å². The average molecular weight is 677 g/mol. The molecular formula is C32H25ClF4N2O6S. The van der Waals surface area contributed by atoms with Gasteiger partial charge in [-0.2, -0.15) is 13.2 Å². The van der Waals surface area contributed by atoms with E-state index in [4.69, 9.17) is 16.3 Å². The molecular weight excluding hydrogens is 652 g/mol. The van der Waals surface area contributed by atoms with Gasteiger partial charge in [0.2, 0.25) is 5.91 Å². The lowest BCUT2D eigenvalue weighted by molar-refractivity contribution is -0.139. The van der Waals surface area contributed by atoms with Crippen molar-refractivity contribution in [2.75, 3.05) is 24.6 Å². The summed E-state index contributed by atoms with van der Waals surface area (Å²) in [5.41, 5.74) is 0.459. The first-order valence-electron chi connectivity index (χ1n) is 13.7. The van der Waals surface area contributed by atoms with Gasteiger partial charge in [0.1, 0.15) is 24.2 Å². The number of fused-ring (bicyclic) bond motifs is 1. The molecule has 1 heterocycles. The van der Waals surface area contributed by atoms with Crippen LogP contribution in [0, 0.1) is 5.82 Å². The standard InChI is InChI=1S/C32H25ClF4N2O6S/c1-44-31(41)21-8-13-29(25(16-21)32(35,36)37)45-15-14-38-30(40)28-17-20-4-2-3-5-27(20)39(28)46(42,43)23-10-6-19(7-11-23)24-12-9-22(34)18-26(24)33/h2-13,16,18,28H,14-15,17H2,1H3,(H,38,40)/t28-/m0/s1. The van der Waals surface area contributed by atoms with Crippen molar-refractivity contribution < 1.29 is 45.0 Å². The van der Waals surface area contributed by atoms with Gasteiger partial charge < -0.3 is 14.8 Å². The Balaban J connectivity index is 1.32. The number of carbonyl (C=O) groups is 2. The van der Waals surface area contributed by atoms with Crippen molar-refractivity contribution in [1.29, 1.82) is 0 Å². The molecule has 4 aromatic rings. The number of esters is 1. The average Bonchev–Trinajstić information content (AvgIpc) is 3.43. The molecule has 1 atom stereocenters. The first-order chi connectivity index (χ1) is 21.8. The van der Waals surface area contributed by atoms with Crippen LogP contribution in [0.5, 0.6) is 5.75 Å². The van der Waals surface area contributed by atoms with E-state index in [1.54, 1.807) is 24.3 Å². The van der Waals surface area contributed by atoms with Gasteiger partial charge in [0.25, 0.3) is 10.0 Å². The van der Waals surface area contributed by atoms with Gasteiger partial charge in [-0.05, 0) is 65.7 Å². The number of carbonyl (C=O) groups excluding carboxylic acids is 2. The van der Waals surface area contributed by atoms with Crippen molar-refractivity contribution in [3.63, 3.8) is 0 Å². The lowest BCUT2D eigenvalue weighted by atomic mass is 10.1. The fourth-order valence-corrected chi connectivity index (χ4v) is 7.00. The van der Waals surface area contributed by atoms with Gasteiger partial charge in [-0.25, -0.2) is 17.6 Å². The number of ether oxygens (including phenoxy) is 2. The van der Waals surface area contributed by atoms with Crippen molar-refractivity contribution in [1.82, 2.24) is 5.32 Å². The molecule has 5 rings (SSSR count). The number of alkyl halides is 3. The highest BCUT2D eigenvalue weighted by molar-refractivity contribution is 7.93. The third-order valence-corrected chi connectivity index (χ3v) is 9.40. The van der Waals surface area contributed by atoms with Gasteiger partial charge in [-0.1, -0.05) is 41.9 Å². The van der Waals surface area contributed by atoms with E-state index in [1.165, 1.54) is 36.4 Å². The van der Waals surface area contributed by atoms with Gasteiger partial charge in [0, 0.05) is 12.0 Å². The maximum absolute atomic E-state index is 13.9. The molecule has 0 aromatic heterocycles. The van der Waals surface area contributed by atoms with E-state index >= 15 is 0 Å². The summed E-state index contributed by atoms with van der Waals surface area (Å²) >= 11 is 6.16. The van der Waals surface area contributed by atoms with Gasteiger partial charge in [0.15, 0.2) is 0 Å². The topological polar surface area (TPSA) is 102 Å². The Morgan fingerprint density at radius 3 is 2.39 bits per heavy atom. The first kappa shape index (κ1) is 32.8. The van der Waals surface area contributed by atoms with Crippen LogP contribution >= 0.6 is 11.6 Å². The number of para-hydroxylation sites is 1.